The van der Waals surface area contributed by atoms with Crippen LogP contribution < -0.4 is 17.2 Å². The summed E-state index contributed by atoms with van der Waals surface area (Å²) < 4.78 is 6.29. The van der Waals surface area contributed by atoms with Crippen LogP contribution in [-0.2, 0) is 4.79 Å². The normalized spacial score (nSPS) is 8.16. The van der Waals surface area contributed by atoms with Crippen molar-refractivity contribution in [1.29, 1.82) is 1.43 Å². The van der Waals surface area contributed by atoms with E-state index in [4.69, 9.17) is 18.6 Å². The largest absolute Gasteiger partial charge is 0.480 e. The van der Waals surface area contributed by atoms with Crippen LogP contribution in [0.2, 0.25) is 0 Å². The van der Waals surface area contributed by atoms with Gasteiger partial charge in [0.2, 0.25) is 0 Å². The lowest BCUT2D eigenvalue weighted by molar-refractivity contribution is -0.138. The number of carboxylic acids is 1. The third-order valence-corrected chi connectivity index (χ3v) is 1.27. The van der Waals surface area contributed by atoms with Crippen LogP contribution in [0.15, 0.2) is 4.99 Å². The SMILES string of the molecule is Cl.Cl.Cl.Cl.Cl.Cl.Cl.[2H]OC(=O)[C@@H](N)CCCN=C(N)N. The van der Waals surface area contributed by atoms with Crippen molar-refractivity contribution in [1.82, 2.24) is 0 Å². The number of aliphatic imine (C=N–C) groups is 1. The molecular weight excluding hydrogens is 408 g/mol. The third-order valence-electron chi connectivity index (χ3n) is 1.27. The molecule has 126 valence electrons. The van der Waals surface area contributed by atoms with E-state index in [1.54, 1.807) is 0 Å². The molecular formula is C6H21Cl7N4O2. The highest BCUT2D eigenvalue weighted by Gasteiger charge is 2.09. The Kier molecular flexibility index (Phi) is 70.2. The molecule has 19 heavy (non-hydrogen) atoms. The molecule has 0 spiro atoms. The van der Waals surface area contributed by atoms with Gasteiger partial charge in [0.05, 0.1) is 0 Å². The van der Waals surface area contributed by atoms with E-state index in [1.807, 2.05) is 0 Å². The Bertz CT molecular complexity index is 212. The van der Waals surface area contributed by atoms with Gasteiger partial charge in [0, 0.05) is 6.54 Å². The predicted molar refractivity (Wildman–Crippen MR) is 96.3 cm³/mol. The molecule has 1 atom stereocenters. The second-order valence-corrected chi connectivity index (χ2v) is 2.37. The summed E-state index contributed by atoms with van der Waals surface area (Å²) in [6.07, 6.45) is 0.975. The van der Waals surface area contributed by atoms with Gasteiger partial charge in [0.15, 0.2) is 5.96 Å². The third kappa shape index (κ3) is 38.1. The number of carbonyl (C=O) groups is 1. The number of carboxylic acid groups (broad SMARTS) is 1. The second-order valence-electron chi connectivity index (χ2n) is 2.37. The molecule has 0 saturated heterocycles. The van der Waals surface area contributed by atoms with E-state index in [0.29, 0.717) is 19.4 Å². The highest BCUT2D eigenvalue weighted by molar-refractivity contribution is 5.86. The van der Waals surface area contributed by atoms with Gasteiger partial charge < -0.3 is 22.3 Å². The van der Waals surface area contributed by atoms with Crippen LogP contribution in [-0.4, -0.2) is 29.6 Å². The lowest BCUT2D eigenvalue weighted by Crippen LogP contribution is -2.30. The Morgan fingerprint density at radius 1 is 1.11 bits per heavy atom. The van der Waals surface area contributed by atoms with E-state index in [1.165, 1.54) is 0 Å². The molecule has 6 nitrogen and oxygen atoms in total. The Morgan fingerprint density at radius 2 is 1.53 bits per heavy atom. The zero-order valence-electron chi connectivity index (χ0n) is 10.6. The number of halogens is 7. The van der Waals surface area contributed by atoms with Crippen LogP contribution in [0, 0.1) is 0 Å². The molecule has 0 amide bonds. The average Bonchev–Trinajstić information content (AvgIpc) is 2.10. The van der Waals surface area contributed by atoms with Crippen LogP contribution in [0.1, 0.15) is 12.8 Å². The minimum atomic E-state index is -0.772. The molecule has 0 heterocycles. The number of hydrogen-bond acceptors (Lipinski definition) is 4. The van der Waals surface area contributed by atoms with Gasteiger partial charge in [-0.1, -0.05) is 0 Å². The summed E-state index contributed by atoms with van der Waals surface area (Å²) in [5, 5.41) is 3.69. The van der Waals surface area contributed by atoms with Gasteiger partial charge in [-0.25, -0.2) is 0 Å². The number of rotatable bonds is 5. The predicted octanol–water partition coefficient (Wildman–Crippen LogP) is 1.40. The first kappa shape index (κ1) is 42.7. The fourth-order valence-corrected chi connectivity index (χ4v) is 0.637. The van der Waals surface area contributed by atoms with Crippen molar-refractivity contribution in [3.05, 3.63) is 0 Å². The summed E-state index contributed by atoms with van der Waals surface area (Å²) in [5.41, 5.74) is 15.5. The van der Waals surface area contributed by atoms with Gasteiger partial charge >= 0.3 is 5.97 Å². The Balaban J connectivity index is -0.0000000343. The van der Waals surface area contributed by atoms with Gasteiger partial charge in [-0.05, 0) is 12.8 Å². The molecule has 0 rings (SSSR count). The van der Waals surface area contributed by atoms with E-state index in [2.05, 4.69) is 10.1 Å². The quantitative estimate of drug-likeness (QED) is 0.298. The fraction of sp³-hybridized carbons (Fsp3) is 0.667. The van der Waals surface area contributed by atoms with Crippen molar-refractivity contribution in [3.63, 3.8) is 0 Å². The van der Waals surface area contributed by atoms with Gasteiger partial charge in [-0.3, -0.25) is 9.79 Å². The standard InChI is InChI=1S/C6H14N4O2.7ClH/c7-4(5(11)12)2-1-3-10-6(8)9;;;;;;;/h4H,1-3,7H2,(H,11,12)(H4,8,9,10);7*1H/t4-;;;;;;;/m0......./s1/i/hD. The zero-order chi connectivity index (χ0) is 10.3. The van der Waals surface area contributed by atoms with E-state index >= 15 is 0 Å². The summed E-state index contributed by atoms with van der Waals surface area (Å²) in [7, 11) is 0. The van der Waals surface area contributed by atoms with E-state index in [0.717, 1.165) is 0 Å². The van der Waals surface area contributed by atoms with E-state index < -0.39 is 12.0 Å². The first-order valence-electron chi connectivity index (χ1n) is 3.96. The van der Waals surface area contributed by atoms with Crippen molar-refractivity contribution < 1.29 is 9.90 Å². The number of guanidine groups is 1. The molecule has 0 bridgehead atoms. The van der Waals surface area contributed by atoms with Crippen LogP contribution in [0.4, 0.5) is 0 Å². The number of aliphatic carboxylic acids is 1. The number of nitrogens with zero attached hydrogens (tertiary/aromatic N) is 1. The highest BCUT2D eigenvalue weighted by Crippen LogP contribution is 1.94. The monoisotopic (exact) mass is 427 g/mol. The summed E-state index contributed by atoms with van der Waals surface area (Å²) in [6, 6.07) is -0.772. The molecule has 0 radical (unpaired) electrons. The Labute approximate surface area is 157 Å². The first-order chi connectivity index (χ1) is 6.07. The van der Waals surface area contributed by atoms with Crippen LogP contribution in [0.25, 0.3) is 1.43 Å². The van der Waals surface area contributed by atoms with Crippen molar-refractivity contribution in [2.24, 2.45) is 22.2 Å². The minimum absolute atomic E-state index is 0. The summed E-state index contributed by atoms with van der Waals surface area (Å²) in [4.78, 5) is 14.3. The van der Waals surface area contributed by atoms with Crippen LogP contribution in [0.3, 0.4) is 0 Å². The van der Waals surface area contributed by atoms with Crippen molar-refractivity contribution in [3.8, 4) is 0 Å². The molecule has 0 aromatic heterocycles. The number of hydrogen-bond donors (Lipinski definition) is 4. The molecule has 7 N–H and O–H groups in total. The lowest BCUT2D eigenvalue weighted by Gasteiger charge is -2.03. The van der Waals surface area contributed by atoms with Crippen LogP contribution in [0.5, 0.6) is 0 Å². The summed E-state index contributed by atoms with van der Waals surface area (Å²) >= 11 is 0. The van der Waals surface area contributed by atoms with Crippen molar-refractivity contribution >= 4 is 98.8 Å². The molecule has 0 aromatic rings. The zero-order valence-corrected chi connectivity index (χ0v) is 15.3. The summed E-state index contributed by atoms with van der Waals surface area (Å²) in [6.45, 7) is 0.418. The van der Waals surface area contributed by atoms with Crippen molar-refractivity contribution in [2.75, 3.05) is 6.54 Å². The maximum atomic E-state index is 10.6. The molecule has 0 unspecified atom stereocenters. The highest BCUT2D eigenvalue weighted by atomic mass is 35.5. The molecule has 0 aromatic carbocycles. The number of nitrogens with two attached hydrogens (primary N) is 3. The first-order valence-corrected chi connectivity index (χ1v) is 3.56. The molecule has 13 heteroatoms. The molecule has 0 aliphatic heterocycles. The molecule has 0 aliphatic carbocycles. The molecule has 0 fully saturated rings. The molecule has 0 saturated carbocycles. The Hall–Kier alpha value is 0.730. The topological polar surface area (TPSA) is 128 Å². The summed E-state index contributed by atoms with van der Waals surface area (Å²) in [5.74, 6) is -0.735. The van der Waals surface area contributed by atoms with Gasteiger partial charge in [-0.15, -0.1) is 86.8 Å². The lowest BCUT2D eigenvalue weighted by atomic mass is 10.2. The van der Waals surface area contributed by atoms with Gasteiger partial charge in [0.25, 0.3) is 1.43 Å². The molecule has 0 aliphatic rings. The maximum absolute atomic E-state index is 10.6. The Morgan fingerprint density at radius 3 is 1.84 bits per heavy atom. The van der Waals surface area contributed by atoms with E-state index in [9.17, 15) is 4.79 Å². The minimum Gasteiger partial charge on any atom is -0.480 e. The second kappa shape index (κ2) is 31.2. The average molecular weight is 430 g/mol. The van der Waals surface area contributed by atoms with E-state index in [-0.39, 0.29) is 92.8 Å². The fourth-order valence-electron chi connectivity index (χ4n) is 0.637. The van der Waals surface area contributed by atoms with Gasteiger partial charge in [-0.2, -0.15) is 0 Å². The van der Waals surface area contributed by atoms with Crippen LogP contribution >= 0.6 is 86.8 Å². The smallest absolute Gasteiger partial charge is 0.320 e. The van der Waals surface area contributed by atoms with Gasteiger partial charge in [0.1, 0.15) is 6.04 Å². The maximum Gasteiger partial charge on any atom is 0.320 e. The van der Waals surface area contributed by atoms with Crippen molar-refractivity contribution in [2.45, 2.75) is 18.9 Å².